The lowest BCUT2D eigenvalue weighted by Gasteiger charge is -2.17. The van der Waals surface area contributed by atoms with Crippen LogP contribution in [0.25, 0.3) is 0 Å². The second-order valence-electron chi connectivity index (χ2n) is 4.49. The van der Waals surface area contributed by atoms with Crippen LogP contribution in [0.5, 0.6) is 0 Å². The van der Waals surface area contributed by atoms with Crippen molar-refractivity contribution in [3.8, 4) is 0 Å². The van der Waals surface area contributed by atoms with Crippen LogP contribution in [0.3, 0.4) is 0 Å². The number of hydrogen-bond acceptors (Lipinski definition) is 1. The molecule has 0 bridgehead atoms. The molecule has 0 N–H and O–H groups in total. The van der Waals surface area contributed by atoms with Gasteiger partial charge < -0.3 is 4.90 Å². The molecule has 0 aromatic heterocycles. The third-order valence-electron chi connectivity index (χ3n) is 3.43. The van der Waals surface area contributed by atoms with Crippen molar-refractivity contribution < 1.29 is 4.79 Å². The molecule has 0 atom stereocenters. The van der Waals surface area contributed by atoms with Crippen LogP contribution in [0.1, 0.15) is 22.3 Å². The summed E-state index contributed by atoms with van der Waals surface area (Å²) in [5.41, 5.74) is 5.30. The first-order valence-electron chi connectivity index (χ1n) is 5.83. The third kappa shape index (κ3) is 3.47. The van der Waals surface area contributed by atoms with Crippen molar-refractivity contribution in [3.63, 3.8) is 0 Å². The monoisotopic (exact) mass is 253 g/mol. The average Bonchev–Trinajstić information content (AvgIpc) is 2.33. The first kappa shape index (κ1) is 14.0. The smallest absolute Gasteiger partial charge is 0.237 e. The minimum atomic E-state index is -0.0202. The SMILES string of the molecule is Cc1ccc(CCN(C)C(=O)CCl)c(C)c1C. The third-order valence-corrected chi connectivity index (χ3v) is 3.66. The summed E-state index contributed by atoms with van der Waals surface area (Å²) in [4.78, 5) is 13.0. The van der Waals surface area contributed by atoms with E-state index in [-0.39, 0.29) is 11.8 Å². The molecule has 3 heteroatoms. The molecule has 0 saturated heterocycles. The number of amides is 1. The fraction of sp³-hybridized carbons (Fsp3) is 0.500. The number of hydrogen-bond donors (Lipinski definition) is 0. The molecule has 1 rings (SSSR count). The summed E-state index contributed by atoms with van der Waals surface area (Å²) in [6.07, 6.45) is 0.881. The standard InChI is InChI=1S/C14H20ClNO/c1-10-5-6-13(12(3)11(10)2)7-8-16(4)14(17)9-15/h5-6H,7-9H2,1-4H3. The summed E-state index contributed by atoms with van der Waals surface area (Å²) < 4.78 is 0. The molecule has 2 nitrogen and oxygen atoms in total. The fourth-order valence-corrected chi connectivity index (χ4v) is 2.00. The first-order chi connectivity index (χ1) is 7.97. The van der Waals surface area contributed by atoms with Crippen molar-refractivity contribution in [3.05, 3.63) is 34.4 Å². The van der Waals surface area contributed by atoms with Crippen LogP contribution in [0, 0.1) is 20.8 Å². The Morgan fingerprint density at radius 1 is 1.24 bits per heavy atom. The molecule has 0 aliphatic heterocycles. The Morgan fingerprint density at radius 2 is 1.88 bits per heavy atom. The number of alkyl halides is 1. The molecule has 0 heterocycles. The van der Waals surface area contributed by atoms with Crippen molar-refractivity contribution in [1.29, 1.82) is 0 Å². The molecule has 0 spiro atoms. The van der Waals surface area contributed by atoms with Crippen LogP contribution in [0.15, 0.2) is 12.1 Å². The minimum Gasteiger partial charge on any atom is -0.344 e. The summed E-state index contributed by atoms with van der Waals surface area (Å²) in [6.45, 7) is 7.12. The lowest BCUT2D eigenvalue weighted by Crippen LogP contribution is -2.29. The Morgan fingerprint density at radius 3 is 2.47 bits per heavy atom. The van der Waals surface area contributed by atoms with Gasteiger partial charge >= 0.3 is 0 Å². The largest absolute Gasteiger partial charge is 0.344 e. The van der Waals surface area contributed by atoms with Gasteiger partial charge in [-0.15, -0.1) is 11.6 Å². The van der Waals surface area contributed by atoms with Crippen LogP contribution in [-0.4, -0.2) is 30.3 Å². The number of nitrogens with zero attached hydrogens (tertiary/aromatic N) is 1. The molecule has 1 amide bonds. The number of rotatable bonds is 4. The van der Waals surface area contributed by atoms with E-state index in [1.165, 1.54) is 22.3 Å². The van der Waals surface area contributed by atoms with E-state index in [9.17, 15) is 4.79 Å². The molecule has 0 aliphatic rings. The number of aryl methyl sites for hydroxylation is 1. The molecule has 0 fully saturated rings. The molecule has 0 radical (unpaired) electrons. The van der Waals surface area contributed by atoms with Crippen LogP contribution < -0.4 is 0 Å². The van der Waals surface area contributed by atoms with Gasteiger partial charge in [-0.3, -0.25) is 4.79 Å². The lowest BCUT2D eigenvalue weighted by molar-refractivity contribution is -0.127. The van der Waals surface area contributed by atoms with E-state index >= 15 is 0 Å². The Bertz CT molecular complexity index is 415. The van der Waals surface area contributed by atoms with Crippen molar-refractivity contribution in [2.45, 2.75) is 27.2 Å². The van der Waals surface area contributed by atoms with Gasteiger partial charge in [0.05, 0.1) is 0 Å². The van der Waals surface area contributed by atoms with Gasteiger partial charge in [-0.2, -0.15) is 0 Å². The molecule has 94 valence electrons. The van der Waals surface area contributed by atoms with E-state index < -0.39 is 0 Å². The van der Waals surface area contributed by atoms with Gasteiger partial charge in [0.15, 0.2) is 0 Å². The highest BCUT2D eigenvalue weighted by Gasteiger charge is 2.08. The topological polar surface area (TPSA) is 20.3 Å². The summed E-state index contributed by atoms with van der Waals surface area (Å²) in [5, 5.41) is 0. The molecular formula is C14H20ClNO. The molecular weight excluding hydrogens is 234 g/mol. The van der Waals surface area contributed by atoms with Gasteiger partial charge in [-0.05, 0) is 49.4 Å². The van der Waals surface area contributed by atoms with Crippen LogP contribution >= 0.6 is 11.6 Å². The van der Waals surface area contributed by atoms with E-state index in [4.69, 9.17) is 11.6 Å². The Kier molecular flexibility index (Phi) is 5.01. The van der Waals surface area contributed by atoms with Crippen LogP contribution in [0.2, 0.25) is 0 Å². The normalized spacial score (nSPS) is 10.4. The lowest BCUT2D eigenvalue weighted by atomic mass is 9.97. The Labute approximate surface area is 109 Å². The minimum absolute atomic E-state index is 0.0202. The summed E-state index contributed by atoms with van der Waals surface area (Å²) in [7, 11) is 1.79. The Balaban J connectivity index is 2.70. The van der Waals surface area contributed by atoms with Gasteiger partial charge in [0.2, 0.25) is 5.91 Å². The zero-order chi connectivity index (χ0) is 13.0. The van der Waals surface area contributed by atoms with Crippen molar-refractivity contribution in [1.82, 2.24) is 4.90 Å². The van der Waals surface area contributed by atoms with Crippen molar-refractivity contribution in [2.75, 3.05) is 19.5 Å². The zero-order valence-electron chi connectivity index (χ0n) is 11.0. The van der Waals surface area contributed by atoms with E-state index in [2.05, 4.69) is 32.9 Å². The predicted octanol–water partition coefficient (Wildman–Crippen LogP) is 2.85. The highest BCUT2D eigenvalue weighted by molar-refractivity contribution is 6.27. The average molecular weight is 254 g/mol. The van der Waals surface area contributed by atoms with Crippen LogP contribution in [-0.2, 0) is 11.2 Å². The number of carbonyl (C=O) groups is 1. The summed E-state index contributed by atoms with van der Waals surface area (Å²) in [5.74, 6) is 0.0377. The second kappa shape index (κ2) is 6.06. The van der Waals surface area contributed by atoms with Gasteiger partial charge in [-0.25, -0.2) is 0 Å². The maximum Gasteiger partial charge on any atom is 0.237 e. The summed E-state index contributed by atoms with van der Waals surface area (Å²) >= 11 is 5.51. The second-order valence-corrected chi connectivity index (χ2v) is 4.76. The van der Waals surface area contributed by atoms with E-state index in [0.717, 1.165) is 13.0 Å². The van der Waals surface area contributed by atoms with E-state index in [1.807, 2.05) is 0 Å². The number of likely N-dealkylation sites (N-methyl/N-ethyl adjacent to an activating group) is 1. The highest BCUT2D eigenvalue weighted by atomic mass is 35.5. The quantitative estimate of drug-likeness (QED) is 0.756. The van der Waals surface area contributed by atoms with Crippen molar-refractivity contribution in [2.24, 2.45) is 0 Å². The van der Waals surface area contributed by atoms with Gasteiger partial charge in [0.1, 0.15) is 5.88 Å². The molecule has 0 unspecified atom stereocenters. The number of benzene rings is 1. The Hall–Kier alpha value is -1.02. The molecule has 0 aliphatic carbocycles. The maximum absolute atomic E-state index is 11.3. The summed E-state index contributed by atoms with van der Waals surface area (Å²) in [6, 6.07) is 4.29. The molecule has 0 saturated carbocycles. The van der Waals surface area contributed by atoms with E-state index in [0.29, 0.717) is 0 Å². The number of halogens is 1. The number of carbonyl (C=O) groups excluding carboxylic acids is 1. The zero-order valence-corrected chi connectivity index (χ0v) is 11.8. The maximum atomic E-state index is 11.3. The van der Waals surface area contributed by atoms with Gasteiger partial charge in [-0.1, -0.05) is 12.1 Å². The van der Waals surface area contributed by atoms with Crippen molar-refractivity contribution >= 4 is 17.5 Å². The van der Waals surface area contributed by atoms with Gasteiger partial charge in [0, 0.05) is 13.6 Å². The van der Waals surface area contributed by atoms with Crippen LogP contribution in [0.4, 0.5) is 0 Å². The first-order valence-corrected chi connectivity index (χ1v) is 6.36. The van der Waals surface area contributed by atoms with E-state index in [1.54, 1.807) is 11.9 Å². The molecule has 17 heavy (non-hydrogen) atoms. The molecule has 1 aromatic rings. The molecule has 1 aromatic carbocycles. The van der Waals surface area contributed by atoms with Gasteiger partial charge in [0.25, 0.3) is 0 Å². The fourth-order valence-electron chi connectivity index (χ4n) is 1.80. The highest BCUT2D eigenvalue weighted by Crippen LogP contribution is 2.17. The predicted molar refractivity (Wildman–Crippen MR) is 72.7 cm³/mol.